The van der Waals surface area contributed by atoms with Gasteiger partial charge in [0.15, 0.2) is 0 Å². The molecule has 4 N–H and O–H groups in total. The zero-order chi connectivity index (χ0) is 15.3. The third kappa shape index (κ3) is 4.09. The van der Waals surface area contributed by atoms with Crippen LogP contribution in [0.4, 0.5) is 11.4 Å². The second-order valence-corrected chi connectivity index (χ2v) is 7.10. The molecule has 1 aromatic carbocycles. The zero-order valence-electron chi connectivity index (χ0n) is 12.1. The Bertz CT molecular complexity index is 544. The molecule has 0 spiro atoms. The molecule has 0 fully saturated rings. The van der Waals surface area contributed by atoms with E-state index in [4.69, 9.17) is 10.8 Å². The Morgan fingerprint density at radius 1 is 1.40 bits per heavy atom. The number of hydrogen-bond donors (Lipinski definition) is 3. The van der Waals surface area contributed by atoms with Crippen molar-refractivity contribution in [1.29, 1.82) is 0 Å². The zero-order valence-corrected chi connectivity index (χ0v) is 12.9. The lowest BCUT2D eigenvalue weighted by Gasteiger charge is -2.18. The maximum absolute atomic E-state index is 12.0. The maximum atomic E-state index is 12.0. The number of sulfonamides is 1. The van der Waals surface area contributed by atoms with Crippen molar-refractivity contribution in [1.82, 2.24) is 4.31 Å². The van der Waals surface area contributed by atoms with Crippen LogP contribution in [-0.4, -0.2) is 44.6 Å². The second-order valence-electron chi connectivity index (χ2n) is 4.95. The van der Waals surface area contributed by atoms with E-state index in [1.165, 1.54) is 26.2 Å². The van der Waals surface area contributed by atoms with Crippen LogP contribution in [0.15, 0.2) is 23.1 Å². The molecule has 0 heterocycles. The van der Waals surface area contributed by atoms with Crippen LogP contribution in [-0.2, 0) is 10.0 Å². The van der Waals surface area contributed by atoms with Crippen molar-refractivity contribution in [3.05, 3.63) is 18.2 Å². The average molecular weight is 301 g/mol. The van der Waals surface area contributed by atoms with Gasteiger partial charge in [0.1, 0.15) is 0 Å². The first-order valence-electron chi connectivity index (χ1n) is 6.48. The van der Waals surface area contributed by atoms with E-state index < -0.39 is 10.0 Å². The first-order valence-corrected chi connectivity index (χ1v) is 7.92. The molecule has 0 radical (unpaired) electrons. The molecule has 1 unspecified atom stereocenters. The Morgan fingerprint density at radius 3 is 2.55 bits per heavy atom. The number of nitrogen functional groups attached to an aromatic ring is 1. The summed E-state index contributed by atoms with van der Waals surface area (Å²) >= 11 is 0. The summed E-state index contributed by atoms with van der Waals surface area (Å²) in [6.07, 6.45) is 1.52. The van der Waals surface area contributed by atoms with E-state index in [-0.39, 0.29) is 17.5 Å². The van der Waals surface area contributed by atoms with Crippen molar-refractivity contribution in [2.75, 3.05) is 31.8 Å². The third-order valence-corrected chi connectivity index (χ3v) is 4.81. The molecule has 1 atom stereocenters. The van der Waals surface area contributed by atoms with Gasteiger partial charge in [-0.05, 0) is 38.0 Å². The largest absolute Gasteiger partial charge is 0.397 e. The lowest BCUT2D eigenvalue weighted by Crippen LogP contribution is -2.22. The van der Waals surface area contributed by atoms with Crippen molar-refractivity contribution < 1.29 is 13.5 Å². The Hall–Kier alpha value is -1.31. The minimum Gasteiger partial charge on any atom is -0.397 e. The van der Waals surface area contributed by atoms with Gasteiger partial charge in [0.05, 0.1) is 16.3 Å². The fourth-order valence-corrected chi connectivity index (χ4v) is 2.72. The summed E-state index contributed by atoms with van der Waals surface area (Å²) in [5, 5.41) is 12.0. The SMILES string of the molecule is CC(CCCO)Nc1ccc(S(=O)(=O)N(C)C)cc1N. The van der Waals surface area contributed by atoms with Crippen molar-refractivity contribution in [3.8, 4) is 0 Å². The highest BCUT2D eigenvalue weighted by atomic mass is 32.2. The second kappa shape index (κ2) is 6.92. The summed E-state index contributed by atoms with van der Waals surface area (Å²) in [5.74, 6) is 0. The topological polar surface area (TPSA) is 95.7 Å². The number of aliphatic hydroxyl groups is 1. The Balaban J connectivity index is 2.89. The summed E-state index contributed by atoms with van der Waals surface area (Å²) in [6.45, 7) is 2.14. The minimum absolute atomic E-state index is 0.153. The van der Waals surface area contributed by atoms with Crippen LogP contribution in [0.3, 0.4) is 0 Å². The van der Waals surface area contributed by atoms with Crippen molar-refractivity contribution in [3.63, 3.8) is 0 Å². The van der Waals surface area contributed by atoms with Crippen molar-refractivity contribution >= 4 is 21.4 Å². The molecule has 6 nitrogen and oxygen atoms in total. The van der Waals surface area contributed by atoms with Crippen LogP contribution in [0, 0.1) is 0 Å². The highest BCUT2D eigenvalue weighted by molar-refractivity contribution is 7.89. The maximum Gasteiger partial charge on any atom is 0.242 e. The smallest absolute Gasteiger partial charge is 0.242 e. The first kappa shape index (κ1) is 16.7. The average Bonchev–Trinajstić information content (AvgIpc) is 2.38. The van der Waals surface area contributed by atoms with Gasteiger partial charge >= 0.3 is 0 Å². The fraction of sp³-hybridized carbons (Fsp3) is 0.538. The van der Waals surface area contributed by atoms with Crippen molar-refractivity contribution in [2.24, 2.45) is 0 Å². The summed E-state index contributed by atoms with van der Waals surface area (Å²) < 4.78 is 25.1. The third-order valence-electron chi connectivity index (χ3n) is 3.00. The van der Waals surface area contributed by atoms with E-state index >= 15 is 0 Å². The van der Waals surface area contributed by atoms with E-state index in [2.05, 4.69) is 5.32 Å². The standard InChI is InChI=1S/C13H23N3O3S/c1-10(5-4-8-17)15-13-7-6-11(9-12(13)14)20(18,19)16(2)3/h6-7,9-10,15,17H,4-5,8,14H2,1-3H3. The van der Waals surface area contributed by atoms with Gasteiger partial charge in [-0.3, -0.25) is 0 Å². The molecule has 0 saturated heterocycles. The molecule has 1 aromatic rings. The van der Waals surface area contributed by atoms with Gasteiger partial charge in [0, 0.05) is 26.7 Å². The summed E-state index contributed by atoms with van der Waals surface area (Å²) in [6, 6.07) is 4.81. The monoisotopic (exact) mass is 301 g/mol. The molecule has 20 heavy (non-hydrogen) atoms. The Kier molecular flexibility index (Phi) is 5.79. The predicted octanol–water partition coefficient (Wildman–Crippen LogP) is 1.09. The molecular formula is C13H23N3O3S. The van der Waals surface area contributed by atoms with Gasteiger partial charge in [0.2, 0.25) is 10.0 Å². The van der Waals surface area contributed by atoms with E-state index in [0.29, 0.717) is 17.8 Å². The predicted molar refractivity (Wildman–Crippen MR) is 81.1 cm³/mol. The number of nitrogens with two attached hydrogens (primary N) is 1. The first-order chi connectivity index (χ1) is 9.28. The number of nitrogens with zero attached hydrogens (tertiary/aromatic N) is 1. The molecule has 0 amide bonds. The molecule has 114 valence electrons. The van der Waals surface area contributed by atoms with Crippen LogP contribution in [0.25, 0.3) is 0 Å². The highest BCUT2D eigenvalue weighted by Crippen LogP contribution is 2.25. The van der Waals surface area contributed by atoms with E-state index in [9.17, 15) is 8.42 Å². The highest BCUT2D eigenvalue weighted by Gasteiger charge is 2.18. The Morgan fingerprint density at radius 2 is 2.05 bits per heavy atom. The van der Waals surface area contributed by atoms with E-state index in [1.54, 1.807) is 6.07 Å². The number of nitrogens with one attached hydrogen (secondary N) is 1. The Labute approximate surface area is 120 Å². The number of aliphatic hydroxyl groups excluding tert-OH is 1. The van der Waals surface area contributed by atoms with Gasteiger partial charge in [-0.2, -0.15) is 0 Å². The number of rotatable bonds is 7. The van der Waals surface area contributed by atoms with Crippen molar-refractivity contribution in [2.45, 2.75) is 30.7 Å². The fourth-order valence-electron chi connectivity index (χ4n) is 1.78. The van der Waals surface area contributed by atoms with Crippen LogP contribution in [0.5, 0.6) is 0 Å². The summed E-state index contributed by atoms with van der Waals surface area (Å²) in [7, 11) is -0.505. The number of benzene rings is 1. The van der Waals surface area contributed by atoms with E-state index in [1.807, 2.05) is 6.92 Å². The molecular weight excluding hydrogens is 278 g/mol. The summed E-state index contributed by atoms with van der Waals surface area (Å²) in [5.41, 5.74) is 6.99. The van der Waals surface area contributed by atoms with E-state index in [0.717, 1.165) is 10.7 Å². The van der Waals surface area contributed by atoms with Gasteiger partial charge in [-0.1, -0.05) is 0 Å². The molecule has 0 aliphatic rings. The lowest BCUT2D eigenvalue weighted by atomic mass is 10.1. The molecule has 0 aromatic heterocycles. The van der Waals surface area contributed by atoms with Crippen LogP contribution < -0.4 is 11.1 Å². The molecule has 0 aliphatic heterocycles. The lowest BCUT2D eigenvalue weighted by molar-refractivity contribution is 0.282. The van der Waals surface area contributed by atoms with Gasteiger partial charge in [0.25, 0.3) is 0 Å². The normalized spacial score (nSPS) is 13.4. The molecule has 1 rings (SSSR count). The molecule has 7 heteroatoms. The quantitative estimate of drug-likeness (QED) is 0.655. The molecule has 0 saturated carbocycles. The molecule has 0 aliphatic carbocycles. The van der Waals surface area contributed by atoms with Crippen LogP contribution in [0.2, 0.25) is 0 Å². The van der Waals surface area contributed by atoms with Gasteiger partial charge < -0.3 is 16.2 Å². The number of hydrogen-bond acceptors (Lipinski definition) is 5. The minimum atomic E-state index is -3.47. The number of anilines is 2. The van der Waals surface area contributed by atoms with Crippen LogP contribution in [0.1, 0.15) is 19.8 Å². The van der Waals surface area contributed by atoms with Gasteiger partial charge in [-0.15, -0.1) is 0 Å². The van der Waals surface area contributed by atoms with Crippen LogP contribution >= 0.6 is 0 Å². The molecule has 0 bridgehead atoms. The summed E-state index contributed by atoms with van der Waals surface area (Å²) in [4.78, 5) is 0.175. The van der Waals surface area contributed by atoms with Gasteiger partial charge in [-0.25, -0.2) is 12.7 Å².